The van der Waals surface area contributed by atoms with Gasteiger partial charge >= 0.3 is 6.09 Å². The third-order valence-corrected chi connectivity index (χ3v) is 8.54. The zero-order valence-corrected chi connectivity index (χ0v) is 21.2. The Labute approximate surface area is 212 Å². The number of carbonyl (C=O) groups is 2. The average molecular weight is 494 g/mol. The first-order chi connectivity index (χ1) is 17.2. The molecule has 1 N–H and O–H groups in total. The molecule has 7 heteroatoms. The quantitative estimate of drug-likeness (QED) is 0.617. The second-order valence-electron chi connectivity index (χ2n) is 11.2. The van der Waals surface area contributed by atoms with Crippen molar-refractivity contribution in [2.75, 3.05) is 26.2 Å². The molecule has 2 aliphatic heterocycles. The van der Waals surface area contributed by atoms with E-state index in [1.54, 1.807) is 12.1 Å². The summed E-state index contributed by atoms with van der Waals surface area (Å²) in [6, 6.07) is 15.2. The molecule has 0 radical (unpaired) electrons. The summed E-state index contributed by atoms with van der Waals surface area (Å²) in [4.78, 5) is 30.9. The molecule has 2 aromatic carbocycles. The van der Waals surface area contributed by atoms with Crippen LogP contribution in [0.2, 0.25) is 0 Å². The number of piperazine rings is 1. The maximum Gasteiger partial charge on any atom is 0.407 e. The van der Waals surface area contributed by atoms with Gasteiger partial charge in [0.05, 0.1) is 12.6 Å². The van der Waals surface area contributed by atoms with E-state index in [1.807, 2.05) is 0 Å². The molecule has 2 aromatic rings. The Morgan fingerprint density at radius 1 is 1.08 bits per heavy atom. The van der Waals surface area contributed by atoms with Crippen LogP contribution in [0.1, 0.15) is 68.2 Å². The first-order valence-electron chi connectivity index (χ1n) is 13.1. The van der Waals surface area contributed by atoms with E-state index in [0.29, 0.717) is 32.1 Å². The maximum atomic E-state index is 13.7. The van der Waals surface area contributed by atoms with Crippen LogP contribution in [-0.4, -0.2) is 64.0 Å². The summed E-state index contributed by atoms with van der Waals surface area (Å²) in [6.07, 6.45) is 2.82. The Morgan fingerprint density at radius 2 is 1.75 bits per heavy atom. The van der Waals surface area contributed by atoms with Gasteiger partial charge < -0.3 is 14.9 Å². The van der Waals surface area contributed by atoms with Gasteiger partial charge in [-0.1, -0.05) is 50.2 Å². The molecule has 0 bridgehead atoms. The van der Waals surface area contributed by atoms with Gasteiger partial charge in [-0.2, -0.15) is 0 Å². The van der Waals surface area contributed by atoms with Crippen molar-refractivity contribution < 1.29 is 19.1 Å². The molecular weight excluding hydrogens is 457 g/mol. The topological polar surface area (TPSA) is 64.1 Å². The van der Waals surface area contributed by atoms with Gasteiger partial charge in [-0.05, 0) is 65.8 Å². The lowest BCUT2D eigenvalue weighted by Crippen LogP contribution is -2.62. The number of rotatable bonds is 5. The van der Waals surface area contributed by atoms with Crippen molar-refractivity contribution in [3.63, 3.8) is 0 Å². The predicted molar refractivity (Wildman–Crippen MR) is 136 cm³/mol. The molecule has 0 aromatic heterocycles. The molecule has 1 aliphatic carbocycles. The number of nitrogens with zero attached hydrogens (tertiary/aromatic N) is 3. The summed E-state index contributed by atoms with van der Waals surface area (Å²) in [5.74, 6) is 0.241. The Kier molecular flexibility index (Phi) is 6.77. The molecule has 3 aliphatic rings. The van der Waals surface area contributed by atoms with Crippen LogP contribution in [0.15, 0.2) is 48.5 Å². The van der Waals surface area contributed by atoms with E-state index in [-0.39, 0.29) is 29.2 Å². The monoisotopic (exact) mass is 493 g/mol. The minimum absolute atomic E-state index is 0.0354. The van der Waals surface area contributed by atoms with E-state index in [1.165, 1.54) is 28.2 Å². The molecule has 36 heavy (non-hydrogen) atoms. The fraction of sp³-hybridized carbons (Fsp3) is 0.517. The number of carboxylic acid groups (broad SMARTS) is 1. The van der Waals surface area contributed by atoms with Crippen molar-refractivity contribution in [2.45, 2.75) is 64.1 Å². The van der Waals surface area contributed by atoms with Gasteiger partial charge in [-0.25, -0.2) is 9.18 Å². The molecule has 2 heterocycles. The van der Waals surface area contributed by atoms with Gasteiger partial charge in [0.2, 0.25) is 5.91 Å². The summed E-state index contributed by atoms with van der Waals surface area (Å²) in [5, 5.41) is 9.32. The van der Waals surface area contributed by atoms with Crippen LogP contribution >= 0.6 is 0 Å². The van der Waals surface area contributed by atoms with Crippen molar-refractivity contribution in [1.29, 1.82) is 0 Å². The number of benzene rings is 2. The van der Waals surface area contributed by atoms with E-state index >= 15 is 0 Å². The lowest BCUT2D eigenvalue weighted by Gasteiger charge is -2.58. The number of piperidine rings is 1. The zero-order valence-electron chi connectivity index (χ0n) is 21.2. The molecule has 192 valence electrons. The molecule has 3 fully saturated rings. The molecule has 1 spiro atoms. The number of likely N-dealkylation sites (tertiary alicyclic amines) is 1. The van der Waals surface area contributed by atoms with Gasteiger partial charge in [0.1, 0.15) is 5.82 Å². The highest BCUT2D eigenvalue weighted by Gasteiger charge is 2.52. The molecule has 1 atom stereocenters. The average Bonchev–Trinajstić information content (AvgIpc) is 2.84. The smallest absolute Gasteiger partial charge is 0.407 e. The first-order valence-corrected chi connectivity index (χ1v) is 13.1. The first kappa shape index (κ1) is 24.8. The standard InChI is InChI=1S/C29H36FN3O3/c1-20(2)24-5-3-4-6-25(24)26-18-31(17-21-7-9-22(30)10-8-21)19-27(34)33(26)23-15-29(16-23)11-13-32(14-12-29)28(35)36/h3-10,20,23,26H,11-19H2,1-2H3,(H,35,36). The fourth-order valence-electron chi connectivity index (χ4n) is 6.58. The normalized spacial score (nSPS) is 22.8. The van der Waals surface area contributed by atoms with Crippen LogP contribution in [0.5, 0.6) is 0 Å². The zero-order chi connectivity index (χ0) is 25.4. The minimum Gasteiger partial charge on any atom is -0.465 e. The highest BCUT2D eigenvalue weighted by molar-refractivity contribution is 5.80. The predicted octanol–water partition coefficient (Wildman–Crippen LogP) is 5.26. The molecule has 6 nitrogen and oxygen atoms in total. The van der Waals surface area contributed by atoms with Gasteiger partial charge in [0.25, 0.3) is 0 Å². The molecule has 1 unspecified atom stereocenters. The third kappa shape index (κ3) is 4.85. The summed E-state index contributed by atoms with van der Waals surface area (Å²) < 4.78 is 13.4. The Balaban J connectivity index is 1.37. The molecular formula is C29H36FN3O3. The SMILES string of the molecule is CC(C)c1ccccc1C1CN(Cc2ccc(F)cc2)CC(=O)N1C1CC2(CCN(C(=O)O)CC2)C1. The van der Waals surface area contributed by atoms with E-state index < -0.39 is 6.09 Å². The Bertz CT molecular complexity index is 1100. The van der Waals surface area contributed by atoms with Crippen LogP contribution in [0.4, 0.5) is 9.18 Å². The number of halogens is 1. The van der Waals surface area contributed by atoms with Crippen molar-refractivity contribution >= 4 is 12.0 Å². The molecule has 2 saturated heterocycles. The van der Waals surface area contributed by atoms with E-state index in [0.717, 1.165) is 37.8 Å². The highest BCUT2D eigenvalue weighted by Crippen LogP contribution is 2.53. The van der Waals surface area contributed by atoms with Crippen molar-refractivity contribution in [3.05, 3.63) is 71.0 Å². The van der Waals surface area contributed by atoms with Crippen LogP contribution < -0.4 is 0 Å². The summed E-state index contributed by atoms with van der Waals surface area (Å²) in [7, 11) is 0. The number of carbonyl (C=O) groups excluding carboxylic acids is 1. The highest BCUT2D eigenvalue weighted by atomic mass is 19.1. The third-order valence-electron chi connectivity index (χ3n) is 8.54. The minimum atomic E-state index is -0.835. The Hall–Kier alpha value is -2.93. The summed E-state index contributed by atoms with van der Waals surface area (Å²) in [5.41, 5.74) is 3.64. The number of hydrogen-bond acceptors (Lipinski definition) is 3. The second-order valence-corrected chi connectivity index (χ2v) is 11.2. The van der Waals surface area contributed by atoms with Gasteiger partial charge in [-0.15, -0.1) is 0 Å². The van der Waals surface area contributed by atoms with Crippen LogP contribution in [0.25, 0.3) is 0 Å². The van der Waals surface area contributed by atoms with Gasteiger partial charge in [-0.3, -0.25) is 9.69 Å². The van der Waals surface area contributed by atoms with Crippen molar-refractivity contribution in [3.8, 4) is 0 Å². The van der Waals surface area contributed by atoms with Crippen LogP contribution in [-0.2, 0) is 11.3 Å². The molecule has 1 saturated carbocycles. The van der Waals surface area contributed by atoms with Crippen LogP contribution in [0, 0.1) is 11.2 Å². The lowest BCUT2D eigenvalue weighted by atomic mass is 9.59. The van der Waals surface area contributed by atoms with Crippen molar-refractivity contribution in [1.82, 2.24) is 14.7 Å². The van der Waals surface area contributed by atoms with Gasteiger partial charge in [0, 0.05) is 32.2 Å². The molecule has 5 rings (SSSR count). The summed E-state index contributed by atoms with van der Waals surface area (Å²) >= 11 is 0. The second kappa shape index (κ2) is 9.85. The van der Waals surface area contributed by atoms with Crippen LogP contribution in [0.3, 0.4) is 0 Å². The van der Waals surface area contributed by atoms with Gasteiger partial charge in [0.15, 0.2) is 0 Å². The van der Waals surface area contributed by atoms with E-state index in [2.05, 4.69) is 47.9 Å². The number of amides is 2. The lowest BCUT2D eigenvalue weighted by molar-refractivity contribution is -0.153. The largest absolute Gasteiger partial charge is 0.465 e. The summed E-state index contributed by atoms with van der Waals surface area (Å²) in [6.45, 7) is 7.26. The molecule has 2 amide bonds. The Morgan fingerprint density at radius 3 is 2.39 bits per heavy atom. The van der Waals surface area contributed by atoms with Crippen molar-refractivity contribution in [2.24, 2.45) is 5.41 Å². The number of hydrogen-bond donors (Lipinski definition) is 1. The van der Waals surface area contributed by atoms with E-state index in [9.17, 15) is 19.1 Å². The fourth-order valence-corrected chi connectivity index (χ4v) is 6.58. The van der Waals surface area contributed by atoms with E-state index in [4.69, 9.17) is 0 Å². The maximum absolute atomic E-state index is 13.7.